The first-order chi connectivity index (χ1) is 20.9. The van der Waals surface area contributed by atoms with Gasteiger partial charge in [-0.3, -0.25) is 4.79 Å². The minimum Gasteiger partial charge on any atom is -0.492 e. The van der Waals surface area contributed by atoms with E-state index in [-0.39, 0.29) is 5.69 Å². The molecule has 4 heterocycles. The van der Waals surface area contributed by atoms with E-state index in [0.717, 1.165) is 11.3 Å². The topological polar surface area (TPSA) is 120 Å². The van der Waals surface area contributed by atoms with E-state index in [0.29, 0.717) is 51.9 Å². The van der Waals surface area contributed by atoms with Crippen molar-refractivity contribution in [3.05, 3.63) is 96.7 Å². The monoisotopic (exact) mass is 578 g/mol. The second-order valence-corrected chi connectivity index (χ2v) is 9.64. The summed E-state index contributed by atoms with van der Waals surface area (Å²) in [5, 5.41) is 10.7. The number of benzene rings is 2. The average Bonchev–Trinajstić information content (AvgIpc) is 3.63. The Labute approximate surface area is 245 Å². The molecule has 0 unspecified atom stereocenters. The Morgan fingerprint density at radius 1 is 1.02 bits per heavy atom. The lowest BCUT2D eigenvalue weighted by Crippen LogP contribution is -2.13. The van der Waals surface area contributed by atoms with Crippen LogP contribution in [0.25, 0.3) is 22.6 Å². The number of carbonyl (C=O) groups is 1. The highest BCUT2D eigenvalue weighted by Crippen LogP contribution is 2.35. The van der Waals surface area contributed by atoms with Crippen LogP contribution < -0.4 is 20.1 Å². The number of hydrogen-bond donors (Lipinski definition) is 2. The zero-order valence-electron chi connectivity index (χ0n) is 23.6. The van der Waals surface area contributed by atoms with Crippen molar-refractivity contribution < 1.29 is 18.7 Å². The van der Waals surface area contributed by atoms with Crippen molar-refractivity contribution in [1.29, 1.82) is 0 Å². The first kappa shape index (κ1) is 27.4. The number of nitrogens with one attached hydrogen (secondary N) is 2. The lowest BCUT2D eigenvalue weighted by atomic mass is 10.1. The SMILES string of the molecule is CCOc1cc2ncnc(Nc3ccc(Oc4ccn5ncnc5c4)c(C)c3)c2cc1NC(=O)C(F)=Cc1cccn1C. The van der Waals surface area contributed by atoms with Crippen LogP contribution in [0.2, 0.25) is 0 Å². The highest BCUT2D eigenvalue weighted by Gasteiger charge is 2.17. The van der Waals surface area contributed by atoms with Crippen LogP contribution in [-0.2, 0) is 11.8 Å². The molecule has 0 aliphatic rings. The van der Waals surface area contributed by atoms with E-state index in [2.05, 4.69) is 30.7 Å². The molecule has 6 rings (SSSR count). The van der Waals surface area contributed by atoms with Crippen LogP contribution in [0.1, 0.15) is 18.2 Å². The molecule has 1 amide bonds. The molecule has 0 aliphatic heterocycles. The summed E-state index contributed by atoms with van der Waals surface area (Å²) in [5.41, 5.74) is 3.75. The third-order valence-electron chi connectivity index (χ3n) is 6.68. The molecule has 0 saturated heterocycles. The zero-order chi connectivity index (χ0) is 29.9. The smallest absolute Gasteiger partial charge is 0.284 e. The van der Waals surface area contributed by atoms with Crippen LogP contribution in [0, 0.1) is 6.92 Å². The van der Waals surface area contributed by atoms with Gasteiger partial charge in [0.2, 0.25) is 0 Å². The van der Waals surface area contributed by atoms with Crippen LogP contribution in [0.15, 0.2) is 85.5 Å². The van der Waals surface area contributed by atoms with Gasteiger partial charge >= 0.3 is 0 Å². The van der Waals surface area contributed by atoms with E-state index in [9.17, 15) is 9.18 Å². The average molecular weight is 579 g/mol. The van der Waals surface area contributed by atoms with Gasteiger partial charge in [-0.25, -0.2) is 23.9 Å². The Morgan fingerprint density at radius 2 is 1.91 bits per heavy atom. The molecule has 11 nitrogen and oxygen atoms in total. The van der Waals surface area contributed by atoms with Crippen LogP contribution in [0.3, 0.4) is 0 Å². The Hall–Kier alpha value is -5.78. The molecule has 0 bridgehead atoms. The molecule has 216 valence electrons. The van der Waals surface area contributed by atoms with Crippen LogP contribution in [-0.4, -0.2) is 41.6 Å². The number of aromatic nitrogens is 6. The van der Waals surface area contributed by atoms with Crippen LogP contribution in [0.4, 0.5) is 21.6 Å². The minimum atomic E-state index is -0.939. The van der Waals surface area contributed by atoms with E-state index < -0.39 is 11.7 Å². The van der Waals surface area contributed by atoms with Gasteiger partial charge in [0.05, 0.1) is 17.8 Å². The molecule has 0 radical (unpaired) electrons. The third kappa shape index (κ3) is 5.84. The van der Waals surface area contributed by atoms with Crippen molar-refractivity contribution in [2.24, 2.45) is 7.05 Å². The van der Waals surface area contributed by atoms with E-state index in [1.165, 1.54) is 18.7 Å². The Kier molecular flexibility index (Phi) is 7.39. The maximum Gasteiger partial charge on any atom is 0.284 e. The van der Waals surface area contributed by atoms with Gasteiger partial charge in [0.15, 0.2) is 11.5 Å². The predicted octanol–water partition coefficient (Wildman–Crippen LogP) is 6.20. The molecule has 0 spiro atoms. The quantitative estimate of drug-likeness (QED) is 0.195. The summed E-state index contributed by atoms with van der Waals surface area (Å²) in [6, 6.07) is 16.1. The normalized spacial score (nSPS) is 11.6. The summed E-state index contributed by atoms with van der Waals surface area (Å²) in [7, 11) is 1.77. The number of pyridine rings is 1. The van der Waals surface area contributed by atoms with E-state index >= 15 is 0 Å². The molecule has 6 aromatic rings. The van der Waals surface area contributed by atoms with Crippen LogP contribution >= 0.6 is 0 Å². The Morgan fingerprint density at radius 3 is 2.70 bits per heavy atom. The molecular weight excluding hydrogens is 551 g/mol. The second kappa shape index (κ2) is 11.6. The van der Waals surface area contributed by atoms with Gasteiger partial charge in [0.1, 0.15) is 35.7 Å². The van der Waals surface area contributed by atoms with Crippen molar-refractivity contribution >= 4 is 45.7 Å². The lowest BCUT2D eigenvalue weighted by Gasteiger charge is -2.15. The predicted molar refractivity (Wildman–Crippen MR) is 161 cm³/mol. The van der Waals surface area contributed by atoms with Crippen molar-refractivity contribution in [3.8, 4) is 17.2 Å². The maximum absolute atomic E-state index is 14.8. The van der Waals surface area contributed by atoms with E-state index in [4.69, 9.17) is 9.47 Å². The zero-order valence-corrected chi connectivity index (χ0v) is 23.6. The van der Waals surface area contributed by atoms with E-state index in [1.807, 2.05) is 44.2 Å². The summed E-state index contributed by atoms with van der Waals surface area (Å²) in [6.07, 6.45) is 7.65. The maximum atomic E-state index is 14.8. The summed E-state index contributed by atoms with van der Waals surface area (Å²) in [4.78, 5) is 25.8. The van der Waals surface area contributed by atoms with E-state index in [1.54, 1.807) is 52.8 Å². The van der Waals surface area contributed by atoms with Crippen molar-refractivity contribution in [3.63, 3.8) is 0 Å². The van der Waals surface area contributed by atoms with Gasteiger partial charge in [0.25, 0.3) is 5.91 Å². The molecule has 0 fully saturated rings. The lowest BCUT2D eigenvalue weighted by molar-refractivity contribution is -0.114. The standard InChI is InChI=1S/C31H27FN8O3/c1-4-42-28-16-25-23(15-26(28)38-31(41)24(32)13-21-6-5-10-39(21)3)30(35-17-33-25)37-20-7-8-27(19(2)12-20)43-22-9-11-40-29(14-22)34-18-36-40/h5-18H,4H2,1-3H3,(H,38,41)(H,33,35,37). The number of carbonyl (C=O) groups excluding carboxylic acids is 1. The molecule has 0 atom stereocenters. The number of rotatable bonds is 9. The van der Waals surface area contributed by atoms with Gasteiger partial charge in [-0.05, 0) is 61.9 Å². The Balaban J connectivity index is 1.26. The van der Waals surface area contributed by atoms with Crippen molar-refractivity contribution in [2.45, 2.75) is 13.8 Å². The number of ether oxygens (including phenoxy) is 2. The van der Waals surface area contributed by atoms with Crippen molar-refractivity contribution in [1.82, 2.24) is 29.1 Å². The number of hydrogen-bond acceptors (Lipinski definition) is 8. The first-order valence-electron chi connectivity index (χ1n) is 13.4. The van der Waals surface area contributed by atoms with Gasteiger partial charge in [0, 0.05) is 54.4 Å². The molecule has 0 saturated carbocycles. The van der Waals surface area contributed by atoms with Gasteiger partial charge in [-0.15, -0.1) is 0 Å². The number of anilines is 3. The summed E-state index contributed by atoms with van der Waals surface area (Å²) in [5.74, 6) is 0.336. The molecule has 2 N–H and O–H groups in total. The number of fused-ring (bicyclic) bond motifs is 2. The number of amides is 1. The van der Waals surface area contributed by atoms with Gasteiger partial charge in [-0.1, -0.05) is 0 Å². The molecule has 0 aliphatic carbocycles. The molecule has 43 heavy (non-hydrogen) atoms. The van der Waals surface area contributed by atoms with Crippen molar-refractivity contribution in [2.75, 3.05) is 17.2 Å². The number of nitrogens with zero attached hydrogens (tertiary/aromatic N) is 6. The van der Waals surface area contributed by atoms with Crippen LogP contribution in [0.5, 0.6) is 17.2 Å². The highest BCUT2D eigenvalue weighted by atomic mass is 19.1. The molecule has 12 heteroatoms. The fourth-order valence-corrected chi connectivity index (χ4v) is 4.52. The highest BCUT2D eigenvalue weighted by molar-refractivity contribution is 6.07. The van der Waals surface area contributed by atoms with Gasteiger partial charge < -0.3 is 24.7 Å². The number of aryl methyl sites for hydroxylation is 2. The first-order valence-corrected chi connectivity index (χ1v) is 13.4. The summed E-state index contributed by atoms with van der Waals surface area (Å²) >= 11 is 0. The largest absolute Gasteiger partial charge is 0.492 e. The Bertz CT molecular complexity index is 2000. The fraction of sp³-hybridized carbons (Fsp3) is 0.129. The second-order valence-electron chi connectivity index (χ2n) is 9.64. The summed E-state index contributed by atoms with van der Waals surface area (Å²) in [6.45, 7) is 4.10. The summed E-state index contributed by atoms with van der Waals surface area (Å²) < 4.78 is 30.0. The number of halogens is 1. The van der Waals surface area contributed by atoms with Gasteiger partial charge in [-0.2, -0.15) is 5.10 Å². The molecular formula is C31H27FN8O3. The fourth-order valence-electron chi connectivity index (χ4n) is 4.52. The minimum absolute atomic E-state index is 0.289. The molecule has 2 aromatic carbocycles. The third-order valence-corrected chi connectivity index (χ3v) is 6.68. The molecule has 4 aromatic heterocycles.